The molecule has 0 spiro atoms. The Hall–Kier alpha value is -2.13. The van der Waals surface area contributed by atoms with Gasteiger partial charge in [-0.3, -0.25) is 9.69 Å². The lowest BCUT2D eigenvalue weighted by molar-refractivity contribution is 0.0951. The van der Waals surface area contributed by atoms with E-state index in [1.54, 1.807) is 0 Å². The van der Waals surface area contributed by atoms with Crippen molar-refractivity contribution in [1.82, 2.24) is 10.2 Å². The molecule has 1 heterocycles. The highest BCUT2D eigenvalue weighted by atomic mass is 16.1. The van der Waals surface area contributed by atoms with Gasteiger partial charge in [-0.1, -0.05) is 48.9 Å². The summed E-state index contributed by atoms with van der Waals surface area (Å²) in [6.45, 7) is 8.30. The highest BCUT2D eigenvalue weighted by molar-refractivity contribution is 5.94. The molecule has 25 heavy (non-hydrogen) atoms. The molecular weight excluding hydrogens is 308 g/mol. The second-order valence-corrected chi connectivity index (χ2v) is 7.35. The quantitative estimate of drug-likeness (QED) is 0.889. The number of rotatable bonds is 5. The fourth-order valence-corrected chi connectivity index (χ4v) is 3.56. The number of aryl methyl sites for hydroxylation is 1. The number of carbonyl (C=O) groups excluding carboxylic acids is 1. The van der Waals surface area contributed by atoms with Crippen molar-refractivity contribution in [2.24, 2.45) is 5.92 Å². The van der Waals surface area contributed by atoms with Gasteiger partial charge in [-0.05, 0) is 55.5 Å². The van der Waals surface area contributed by atoms with Crippen LogP contribution in [0.1, 0.15) is 46.8 Å². The number of piperidine rings is 1. The van der Waals surface area contributed by atoms with Gasteiger partial charge in [0.2, 0.25) is 0 Å². The molecule has 1 aliphatic heterocycles. The predicted octanol–water partition coefficient (Wildman–Crippen LogP) is 4.16. The zero-order valence-electron chi connectivity index (χ0n) is 15.3. The van der Waals surface area contributed by atoms with Gasteiger partial charge in [-0.2, -0.15) is 0 Å². The number of carbonyl (C=O) groups is 1. The maximum absolute atomic E-state index is 12.3. The van der Waals surface area contributed by atoms with Gasteiger partial charge in [-0.15, -0.1) is 0 Å². The van der Waals surface area contributed by atoms with Crippen LogP contribution in [0.5, 0.6) is 0 Å². The first-order valence-corrected chi connectivity index (χ1v) is 9.25. The summed E-state index contributed by atoms with van der Waals surface area (Å²) in [7, 11) is 0. The van der Waals surface area contributed by atoms with Crippen LogP contribution in [0.4, 0.5) is 0 Å². The summed E-state index contributed by atoms with van der Waals surface area (Å²) in [5.74, 6) is 0.778. The Balaban J connectivity index is 1.53. The van der Waals surface area contributed by atoms with Gasteiger partial charge in [0.05, 0.1) is 0 Å². The molecule has 3 rings (SSSR count). The monoisotopic (exact) mass is 336 g/mol. The number of nitrogens with zero attached hydrogens (tertiary/aromatic N) is 1. The molecule has 0 radical (unpaired) electrons. The van der Waals surface area contributed by atoms with Crippen LogP contribution in [0, 0.1) is 12.8 Å². The lowest BCUT2D eigenvalue weighted by Crippen LogP contribution is -2.33. The fourth-order valence-electron chi connectivity index (χ4n) is 3.56. The van der Waals surface area contributed by atoms with Gasteiger partial charge in [0.15, 0.2) is 0 Å². The Morgan fingerprint density at radius 3 is 2.68 bits per heavy atom. The van der Waals surface area contributed by atoms with Crippen molar-refractivity contribution in [3.63, 3.8) is 0 Å². The van der Waals surface area contributed by atoms with Crippen LogP contribution in [0.3, 0.4) is 0 Å². The minimum absolute atomic E-state index is 0.0142. The van der Waals surface area contributed by atoms with E-state index in [1.807, 2.05) is 24.3 Å². The summed E-state index contributed by atoms with van der Waals surface area (Å²) in [5.41, 5.74) is 4.35. The summed E-state index contributed by atoms with van der Waals surface area (Å²) in [6.07, 6.45) is 2.64. The molecule has 1 fully saturated rings. The van der Waals surface area contributed by atoms with E-state index < -0.39 is 0 Å². The maximum Gasteiger partial charge on any atom is 0.251 e. The molecule has 1 aliphatic rings. The molecule has 0 bridgehead atoms. The fraction of sp³-hybridized carbons (Fsp3) is 0.409. The van der Waals surface area contributed by atoms with Gasteiger partial charge in [0.1, 0.15) is 0 Å². The number of hydrogen-bond donors (Lipinski definition) is 1. The second kappa shape index (κ2) is 8.30. The van der Waals surface area contributed by atoms with Crippen LogP contribution in [-0.4, -0.2) is 23.9 Å². The standard InChI is InChI=1S/C22H28N2O/c1-17-5-3-7-20(13-17)14-23-22(25)21-10-8-19(9-11-21)16-24-12-4-6-18(2)15-24/h3,5,7-11,13,18H,4,6,12,14-16H2,1-2H3,(H,23,25). The Kier molecular flexibility index (Phi) is 5.87. The molecule has 3 heteroatoms. The molecule has 132 valence electrons. The molecule has 1 amide bonds. The van der Waals surface area contributed by atoms with E-state index in [1.165, 1.54) is 37.1 Å². The van der Waals surface area contributed by atoms with E-state index in [-0.39, 0.29) is 5.91 Å². The van der Waals surface area contributed by atoms with Crippen LogP contribution in [0.25, 0.3) is 0 Å². The highest BCUT2D eigenvalue weighted by Crippen LogP contribution is 2.18. The third kappa shape index (κ3) is 5.17. The van der Waals surface area contributed by atoms with E-state index in [4.69, 9.17) is 0 Å². The maximum atomic E-state index is 12.3. The summed E-state index contributed by atoms with van der Waals surface area (Å²) in [4.78, 5) is 14.8. The zero-order chi connectivity index (χ0) is 17.6. The average Bonchev–Trinajstić information content (AvgIpc) is 2.60. The van der Waals surface area contributed by atoms with Crippen molar-refractivity contribution < 1.29 is 4.79 Å². The smallest absolute Gasteiger partial charge is 0.251 e. The molecule has 1 N–H and O–H groups in total. The molecule has 2 aromatic carbocycles. The number of benzene rings is 2. The third-order valence-corrected chi connectivity index (χ3v) is 4.90. The number of nitrogens with one attached hydrogen (secondary N) is 1. The Morgan fingerprint density at radius 1 is 1.16 bits per heavy atom. The van der Waals surface area contributed by atoms with E-state index >= 15 is 0 Å². The molecule has 0 aromatic heterocycles. The Bertz CT molecular complexity index is 708. The van der Waals surface area contributed by atoms with E-state index in [0.29, 0.717) is 6.54 Å². The number of amides is 1. The first-order chi connectivity index (χ1) is 12.1. The first kappa shape index (κ1) is 17.7. The van der Waals surface area contributed by atoms with E-state index in [0.717, 1.165) is 23.6 Å². The topological polar surface area (TPSA) is 32.3 Å². The number of hydrogen-bond acceptors (Lipinski definition) is 2. The van der Waals surface area contributed by atoms with Gasteiger partial charge in [-0.25, -0.2) is 0 Å². The first-order valence-electron chi connectivity index (χ1n) is 9.25. The van der Waals surface area contributed by atoms with Gasteiger partial charge < -0.3 is 5.32 Å². The Labute approximate surface area is 151 Å². The van der Waals surface area contributed by atoms with Crippen LogP contribution in [-0.2, 0) is 13.1 Å². The van der Waals surface area contributed by atoms with Gasteiger partial charge in [0, 0.05) is 25.2 Å². The van der Waals surface area contributed by atoms with Crippen molar-refractivity contribution >= 4 is 5.91 Å². The van der Waals surface area contributed by atoms with Crippen LogP contribution in [0.15, 0.2) is 48.5 Å². The summed E-state index contributed by atoms with van der Waals surface area (Å²) in [5, 5.41) is 3.00. The summed E-state index contributed by atoms with van der Waals surface area (Å²) >= 11 is 0. The zero-order valence-corrected chi connectivity index (χ0v) is 15.3. The number of likely N-dealkylation sites (tertiary alicyclic amines) is 1. The van der Waals surface area contributed by atoms with Crippen LogP contribution < -0.4 is 5.32 Å². The van der Waals surface area contributed by atoms with Crippen molar-refractivity contribution in [3.8, 4) is 0 Å². The molecule has 3 nitrogen and oxygen atoms in total. The second-order valence-electron chi connectivity index (χ2n) is 7.35. The van der Waals surface area contributed by atoms with Crippen molar-refractivity contribution in [3.05, 3.63) is 70.8 Å². The van der Waals surface area contributed by atoms with Crippen molar-refractivity contribution in [1.29, 1.82) is 0 Å². The minimum Gasteiger partial charge on any atom is -0.348 e. The predicted molar refractivity (Wildman–Crippen MR) is 102 cm³/mol. The van der Waals surface area contributed by atoms with E-state index in [2.05, 4.69) is 48.3 Å². The van der Waals surface area contributed by atoms with Crippen LogP contribution in [0.2, 0.25) is 0 Å². The van der Waals surface area contributed by atoms with Gasteiger partial charge >= 0.3 is 0 Å². The summed E-state index contributed by atoms with van der Waals surface area (Å²) in [6, 6.07) is 16.3. The molecule has 1 atom stereocenters. The Morgan fingerprint density at radius 2 is 1.96 bits per heavy atom. The molecule has 0 aliphatic carbocycles. The molecule has 1 saturated heterocycles. The molecule has 0 saturated carbocycles. The summed E-state index contributed by atoms with van der Waals surface area (Å²) < 4.78 is 0. The van der Waals surface area contributed by atoms with Crippen molar-refractivity contribution in [2.75, 3.05) is 13.1 Å². The molecule has 2 aromatic rings. The third-order valence-electron chi connectivity index (χ3n) is 4.90. The highest BCUT2D eigenvalue weighted by Gasteiger charge is 2.16. The minimum atomic E-state index is -0.0142. The lowest BCUT2D eigenvalue weighted by atomic mass is 9.99. The lowest BCUT2D eigenvalue weighted by Gasteiger charge is -2.30. The molecular formula is C22H28N2O. The average molecular weight is 336 g/mol. The van der Waals surface area contributed by atoms with Crippen molar-refractivity contribution in [2.45, 2.75) is 39.8 Å². The normalized spacial score (nSPS) is 18.1. The van der Waals surface area contributed by atoms with Crippen LogP contribution >= 0.6 is 0 Å². The van der Waals surface area contributed by atoms with E-state index in [9.17, 15) is 4.79 Å². The molecule has 1 unspecified atom stereocenters. The SMILES string of the molecule is Cc1cccc(CNC(=O)c2ccc(CN3CCCC(C)C3)cc2)c1. The van der Waals surface area contributed by atoms with Gasteiger partial charge in [0.25, 0.3) is 5.91 Å². The largest absolute Gasteiger partial charge is 0.348 e.